The Labute approximate surface area is 187 Å². The average Bonchev–Trinajstić information content (AvgIpc) is 2.78. The molecule has 0 amide bonds. The summed E-state index contributed by atoms with van der Waals surface area (Å²) >= 11 is 6.12. The second-order valence-corrected chi connectivity index (χ2v) is 8.24. The highest BCUT2D eigenvalue weighted by atomic mass is 35.5. The number of anilines is 1. The quantitative estimate of drug-likeness (QED) is 0.655. The third-order valence-corrected chi connectivity index (χ3v) is 6.20. The lowest BCUT2D eigenvalue weighted by Crippen LogP contribution is -2.49. The average molecular weight is 439 g/mol. The van der Waals surface area contributed by atoms with Crippen molar-refractivity contribution in [2.45, 2.75) is 26.4 Å². The SMILES string of the molecule is CCn1c(C)cc(O)c(C(c2ccc(Cl)cc2)N2CCN(c3ccccn3)CC2)c1=O. The fourth-order valence-electron chi connectivity index (χ4n) is 4.37. The Morgan fingerprint density at radius 3 is 2.42 bits per heavy atom. The standard InChI is InChI=1S/C24H27ClN4O2/c1-3-29-17(2)16-20(30)22(24(29)31)23(18-7-9-19(25)10-8-18)28-14-12-27(13-15-28)21-6-4-5-11-26-21/h4-11,16,23,30H,3,12-15H2,1-2H3. The second-order valence-electron chi connectivity index (χ2n) is 7.80. The molecule has 6 nitrogen and oxygen atoms in total. The van der Waals surface area contributed by atoms with Crippen molar-refractivity contribution < 1.29 is 5.11 Å². The molecule has 3 heterocycles. The summed E-state index contributed by atoms with van der Waals surface area (Å²) in [5.41, 5.74) is 1.96. The highest BCUT2D eigenvalue weighted by Crippen LogP contribution is 2.34. The van der Waals surface area contributed by atoms with Gasteiger partial charge < -0.3 is 14.6 Å². The lowest BCUT2D eigenvalue weighted by Gasteiger charge is -2.40. The maximum Gasteiger partial charge on any atom is 0.259 e. The van der Waals surface area contributed by atoms with Crippen LogP contribution in [-0.2, 0) is 6.54 Å². The van der Waals surface area contributed by atoms with Crippen LogP contribution >= 0.6 is 11.6 Å². The zero-order valence-electron chi connectivity index (χ0n) is 17.8. The van der Waals surface area contributed by atoms with Crippen molar-refractivity contribution >= 4 is 17.4 Å². The molecule has 31 heavy (non-hydrogen) atoms. The number of aromatic hydroxyl groups is 1. The predicted molar refractivity (Wildman–Crippen MR) is 124 cm³/mol. The monoisotopic (exact) mass is 438 g/mol. The lowest BCUT2D eigenvalue weighted by atomic mass is 9.96. The number of nitrogens with zero attached hydrogens (tertiary/aromatic N) is 4. The maximum atomic E-state index is 13.4. The first-order valence-electron chi connectivity index (χ1n) is 10.6. The number of benzene rings is 1. The molecule has 1 atom stereocenters. The summed E-state index contributed by atoms with van der Waals surface area (Å²) in [6.45, 7) is 7.39. The third-order valence-electron chi connectivity index (χ3n) is 5.95. The molecular weight excluding hydrogens is 412 g/mol. The van der Waals surface area contributed by atoms with E-state index in [-0.39, 0.29) is 17.4 Å². The van der Waals surface area contributed by atoms with Crippen LogP contribution in [0.15, 0.2) is 59.5 Å². The molecule has 1 aliphatic rings. The van der Waals surface area contributed by atoms with E-state index in [9.17, 15) is 9.90 Å². The summed E-state index contributed by atoms with van der Waals surface area (Å²) in [6.07, 6.45) is 1.80. The summed E-state index contributed by atoms with van der Waals surface area (Å²) in [4.78, 5) is 22.3. The van der Waals surface area contributed by atoms with Gasteiger partial charge in [-0.2, -0.15) is 0 Å². The minimum absolute atomic E-state index is 0.0410. The van der Waals surface area contributed by atoms with Gasteiger partial charge in [-0.05, 0) is 49.7 Å². The first-order valence-corrected chi connectivity index (χ1v) is 11.0. The van der Waals surface area contributed by atoms with Gasteiger partial charge in [0, 0.05) is 49.6 Å². The molecule has 1 fully saturated rings. The highest BCUT2D eigenvalue weighted by Gasteiger charge is 2.31. The number of pyridine rings is 2. The Hall–Kier alpha value is -2.83. The van der Waals surface area contributed by atoms with Crippen LogP contribution in [0.5, 0.6) is 5.75 Å². The van der Waals surface area contributed by atoms with Crippen molar-refractivity contribution in [3.63, 3.8) is 0 Å². The number of aromatic nitrogens is 2. The molecule has 7 heteroatoms. The minimum Gasteiger partial charge on any atom is -0.507 e. The summed E-state index contributed by atoms with van der Waals surface area (Å²) < 4.78 is 1.71. The van der Waals surface area contributed by atoms with Crippen molar-refractivity contribution in [1.29, 1.82) is 0 Å². The Balaban J connectivity index is 1.72. The molecule has 0 saturated carbocycles. The highest BCUT2D eigenvalue weighted by molar-refractivity contribution is 6.30. The fraction of sp³-hybridized carbons (Fsp3) is 0.333. The second kappa shape index (κ2) is 9.12. The largest absolute Gasteiger partial charge is 0.507 e. The molecule has 0 aliphatic carbocycles. The van der Waals surface area contributed by atoms with Gasteiger partial charge in [-0.1, -0.05) is 29.8 Å². The molecule has 1 aromatic carbocycles. The smallest absolute Gasteiger partial charge is 0.259 e. The van der Waals surface area contributed by atoms with E-state index in [1.54, 1.807) is 16.8 Å². The third kappa shape index (κ3) is 4.31. The Kier molecular flexibility index (Phi) is 6.30. The fourth-order valence-corrected chi connectivity index (χ4v) is 4.50. The number of halogens is 1. The first kappa shape index (κ1) is 21.4. The zero-order chi connectivity index (χ0) is 22.0. The van der Waals surface area contributed by atoms with Crippen molar-refractivity contribution in [2.24, 2.45) is 0 Å². The van der Waals surface area contributed by atoms with E-state index < -0.39 is 0 Å². The van der Waals surface area contributed by atoms with Crippen LogP contribution in [0.25, 0.3) is 0 Å². The van der Waals surface area contributed by atoms with Crippen molar-refractivity contribution in [3.8, 4) is 5.75 Å². The zero-order valence-corrected chi connectivity index (χ0v) is 18.6. The van der Waals surface area contributed by atoms with Crippen LogP contribution in [0.4, 0.5) is 5.82 Å². The maximum absolute atomic E-state index is 13.4. The van der Waals surface area contributed by atoms with Crippen LogP contribution in [0.3, 0.4) is 0 Å². The molecule has 3 aromatic rings. The van der Waals surface area contributed by atoms with E-state index in [0.29, 0.717) is 17.1 Å². The van der Waals surface area contributed by atoms with Crippen molar-refractivity contribution in [3.05, 3.63) is 86.9 Å². The van der Waals surface area contributed by atoms with Gasteiger partial charge in [0.05, 0.1) is 11.6 Å². The van der Waals surface area contributed by atoms with E-state index in [2.05, 4.69) is 14.8 Å². The van der Waals surface area contributed by atoms with Gasteiger partial charge in [-0.15, -0.1) is 0 Å². The Morgan fingerprint density at radius 2 is 1.81 bits per heavy atom. The van der Waals surface area contributed by atoms with Crippen LogP contribution in [0.1, 0.15) is 29.8 Å². The molecule has 1 N–H and O–H groups in total. The molecular formula is C24H27ClN4O2. The lowest BCUT2D eigenvalue weighted by molar-refractivity contribution is 0.207. The van der Waals surface area contributed by atoms with E-state index >= 15 is 0 Å². The van der Waals surface area contributed by atoms with Crippen LogP contribution < -0.4 is 10.5 Å². The predicted octanol–water partition coefficient (Wildman–Crippen LogP) is 3.84. The number of aryl methyl sites for hydroxylation is 1. The number of hydrogen-bond acceptors (Lipinski definition) is 5. The molecule has 0 spiro atoms. The molecule has 0 radical (unpaired) electrons. The molecule has 1 saturated heterocycles. The van der Waals surface area contributed by atoms with E-state index in [1.807, 2.05) is 56.3 Å². The summed E-state index contributed by atoms with van der Waals surface area (Å²) in [6, 6.07) is 14.8. The van der Waals surface area contributed by atoms with Gasteiger partial charge >= 0.3 is 0 Å². The van der Waals surface area contributed by atoms with Gasteiger partial charge in [0.1, 0.15) is 11.6 Å². The van der Waals surface area contributed by atoms with E-state index in [1.165, 1.54) is 0 Å². The van der Waals surface area contributed by atoms with Gasteiger partial charge in [-0.3, -0.25) is 9.69 Å². The molecule has 4 rings (SSSR count). The molecule has 1 aliphatic heterocycles. The van der Waals surface area contributed by atoms with E-state index in [4.69, 9.17) is 11.6 Å². The van der Waals surface area contributed by atoms with Crippen LogP contribution in [-0.4, -0.2) is 45.7 Å². The molecule has 162 valence electrons. The normalized spacial score (nSPS) is 15.8. The van der Waals surface area contributed by atoms with Gasteiger partial charge in [0.15, 0.2) is 0 Å². The molecule has 1 unspecified atom stereocenters. The van der Waals surface area contributed by atoms with Crippen molar-refractivity contribution in [1.82, 2.24) is 14.5 Å². The van der Waals surface area contributed by atoms with Gasteiger partial charge in [-0.25, -0.2) is 4.98 Å². The first-order chi connectivity index (χ1) is 15.0. The number of piperazine rings is 1. The van der Waals surface area contributed by atoms with Gasteiger partial charge in [0.2, 0.25) is 0 Å². The number of rotatable bonds is 5. The summed E-state index contributed by atoms with van der Waals surface area (Å²) in [5, 5.41) is 11.5. The Morgan fingerprint density at radius 1 is 1.10 bits per heavy atom. The summed E-state index contributed by atoms with van der Waals surface area (Å²) in [5.74, 6) is 0.996. The Bertz CT molecular complexity index is 1090. The van der Waals surface area contributed by atoms with Gasteiger partial charge in [0.25, 0.3) is 5.56 Å². The topological polar surface area (TPSA) is 61.6 Å². The van der Waals surface area contributed by atoms with Crippen LogP contribution in [0, 0.1) is 6.92 Å². The van der Waals surface area contributed by atoms with Crippen molar-refractivity contribution in [2.75, 3.05) is 31.1 Å². The number of hydrogen-bond donors (Lipinski definition) is 1. The minimum atomic E-state index is -0.353. The van der Waals surface area contributed by atoms with E-state index in [0.717, 1.165) is 43.3 Å². The molecule has 2 aromatic heterocycles. The van der Waals surface area contributed by atoms with Crippen LogP contribution in [0.2, 0.25) is 5.02 Å². The summed E-state index contributed by atoms with van der Waals surface area (Å²) in [7, 11) is 0. The molecule has 0 bridgehead atoms.